The quantitative estimate of drug-likeness (QED) is 0.708. The van der Waals surface area contributed by atoms with Crippen molar-refractivity contribution in [1.82, 2.24) is 14.8 Å². The highest BCUT2D eigenvalue weighted by molar-refractivity contribution is 7.99. The van der Waals surface area contributed by atoms with E-state index >= 15 is 0 Å². The van der Waals surface area contributed by atoms with Gasteiger partial charge in [-0.3, -0.25) is 4.79 Å². The molecule has 0 radical (unpaired) electrons. The molecule has 2 aromatic heterocycles. The van der Waals surface area contributed by atoms with Gasteiger partial charge in [-0.15, -0.1) is 16.4 Å². The van der Waals surface area contributed by atoms with Crippen LogP contribution in [0.5, 0.6) is 0 Å². The fourth-order valence-corrected chi connectivity index (χ4v) is 4.56. The second-order valence-electron chi connectivity index (χ2n) is 5.22. The van der Waals surface area contributed by atoms with Gasteiger partial charge in [-0.2, -0.15) is 4.68 Å². The maximum atomic E-state index is 12.4. The Hall–Kier alpha value is -1.92. The summed E-state index contributed by atoms with van der Waals surface area (Å²) in [7, 11) is 0. The minimum absolute atomic E-state index is 0.0125. The van der Waals surface area contributed by atoms with E-state index in [1.165, 1.54) is 9.56 Å². The molecule has 3 heterocycles. The number of aromatic nitrogens is 3. The van der Waals surface area contributed by atoms with Crippen molar-refractivity contribution in [2.75, 3.05) is 0 Å². The zero-order chi connectivity index (χ0) is 15.1. The molecular weight excluding hydrogens is 314 g/mol. The lowest BCUT2D eigenvalue weighted by Crippen LogP contribution is -2.20. The van der Waals surface area contributed by atoms with Crippen molar-refractivity contribution in [1.29, 1.82) is 0 Å². The molecule has 0 spiro atoms. The van der Waals surface area contributed by atoms with E-state index in [0.717, 1.165) is 11.1 Å². The minimum Gasteiger partial charge on any atom is -0.272 e. The van der Waals surface area contributed by atoms with Crippen molar-refractivity contribution in [3.05, 3.63) is 52.2 Å². The van der Waals surface area contributed by atoms with Crippen LogP contribution >= 0.6 is 23.1 Å². The molecule has 1 aromatic carbocycles. The monoisotopic (exact) mass is 327 g/mol. The molecule has 22 heavy (non-hydrogen) atoms. The summed E-state index contributed by atoms with van der Waals surface area (Å²) in [5.41, 5.74) is 2.10. The fraction of sp³-hybridized carbons (Fsp3) is 0.188. The smallest absolute Gasteiger partial charge is 0.250 e. The molecule has 0 bridgehead atoms. The van der Waals surface area contributed by atoms with E-state index in [0.29, 0.717) is 17.4 Å². The van der Waals surface area contributed by atoms with Gasteiger partial charge in [0.2, 0.25) is 0 Å². The van der Waals surface area contributed by atoms with E-state index in [4.69, 9.17) is 0 Å². The third-order valence-electron chi connectivity index (χ3n) is 3.56. The van der Waals surface area contributed by atoms with E-state index < -0.39 is 0 Å². The van der Waals surface area contributed by atoms with Gasteiger partial charge in [-0.1, -0.05) is 41.6 Å². The number of hydrogen-bond donors (Lipinski definition) is 0. The summed E-state index contributed by atoms with van der Waals surface area (Å²) in [6.07, 6.45) is 0.467. The van der Waals surface area contributed by atoms with Crippen LogP contribution < -0.4 is 0 Å². The Morgan fingerprint density at radius 2 is 2.18 bits per heavy atom. The molecule has 0 amide bonds. The molecular formula is C16H13N3OS2. The molecule has 4 nitrogen and oxygen atoms in total. The highest BCUT2D eigenvalue weighted by Crippen LogP contribution is 2.43. The Morgan fingerprint density at radius 1 is 1.27 bits per heavy atom. The molecule has 0 N–H and O–H groups in total. The summed E-state index contributed by atoms with van der Waals surface area (Å²) in [6.45, 7) is 2.03. The van der Waals surface area contributed by atoms with Gasteiger partial charge in [0.15, 0.2) is 11.0 Å². The summed E-state index contributed by atoms with van der Waals surface area (Å²) < 4.78 is 1.45. The standard InChI is InChI=1S/C16H13N3OS2/c1-10-4-2-5-11(8-10)15-17-16-19(18-15)14(20)9-13(22-16)12-6-3-7-21-12/h2-8,13H,9H2,1H3. The van der Waals surface area contributed by atoms with Gasteiger partial charge in [0.1, 0.15) is 0 Å². The molecule has 0 fully saturated rings. The predicted octanol–water partition coefficient (Wildman–Crippen LogP) is 4.19. The zero-order valence-corrected chi connectivity index (χ0v) is 13.5. The maximum absolute atomic E-state index is 12.4. The fourth-order valence-electron chi connectivity index (χ4n) is 2.49. The summed E-state index contributed by atoms with van der Waals surface area (Å²) in [4.78, 5) is 18.1. The van der Waals surface area contributed by atoms with E-state index in [1.807, 2.05) is 42.6 Å². The van der Waals surface area contributed by atoms with Crippen molar-refractivity contribution >= 4 is 29.0 Å². The molecule has 1 aliphatic heterocycles. The summed E-state index contributed by atoms with van der Waals surface area (Å²) in [5.74, 6) is 0.630. The van der Waals surface area contributed by atoms with Crippen LogP contribution in [0, 0.1) is 6.92 Å². The first-order valence-electron chi connectivity index (χ1n) is 6.98. The van der Waals surface area contributed by atoms with Crippen LogP contribution in [0.15, 0.2) is 46.9 Å². The average molecular weight is 327 g/mol. The van der Waals surface area contributed by atoms with Gasteiger partial charge >= 0.3 is 0 Å². The molecule has 3 aromatic rings. The summed E-state index contributed by atoms with van der Waals surface area (Å²) in [6, 6.07) is 12.1. The Kier molecular flexibility index (Phi) is 3.35. The van der Waals surface area contributed by atoms with Crippen molar-refractivity contribution in [2.45, 2.75) is 23.8 Å². The molecule has 4 rings (SSSR count). The molecule has 1 atom stereocenters. The largest absolute Gasteiger partial charge is 0.272 e. The van der Waals surface area contributed by atoms with Crippen LogP contribution in [0.3, 0.4) is 0 Å². The Bertz CT molecular complexity index is 839. The first-order valence-corrected chi connectivity index (χ1v) is 8.74. The van der Waals surface area contributed by atoms with Gasteiger partial charge in [0, 0.05) is 16.9 Å². The van der Waals surface area contributed by atoms with Crippen LogP contribution in [-0.4, -0.2) is 20.7 Å². The number of rotatable bonds is 2. The number of thioether (sulfide) groups is 1. The van der Waals surface area contributed by atoms with E-state index in [2.05, 4.69) is 16.1 Å². The normalized spacial score (nSPS) is 17.5. The van der Waals surface area contributed by atoms with Crippen molar-refractivity contribution in [3.8, 4) is 11.4 Å². The predicted molar refractivity (Wildman–Crippen MR) is 88.4 cm³/mol. The topological polar surface area (TPSA) is 47.8 Å². The molecule has 0 aliphatic carbocycles. The van der Waals surface area contributed by atoms with Crippen LogP contribution in [0.25, 0.3) is 11.4 Å². The van der Waals surface area contributed by atoms with Gasteiger partial charge < -0.3 is 0 Å². The second-order valence-corrected chi connectivity index (χ2v) is 7.37. The molecule has 0 saturated carbocycles. The number of hydrogen-bond acceptors (Lipinski definition) is 5. The highest BCUT2D eigenvalue weighted by Gasteiger charge is 2.30. The maximum Gasteiger partial charge on any atom is 0.250 e. The van der Waals surface area contributed by atoms with Crippen molar-refractivity contribution in [2.24, 2.45) is 0 Å². The first kappa shape index (κ1) is 13.7. The van der Waals surface area contributed by atoms with Gasteiger partial charge in [0.25, 0.3) is 5.91 Å². The summed E-state index contributed by atoms with van der Waals surface area (Å²) in [5, 5.41) is 7.27. The van der Waals surface area contributed by atoms with E-state index in [-0.39, 0.29) is 11.2 Å². The molecule has 1 unspecified atom stereocenters. The molecule has 1 aliphatic rings. The van der Waals surface area contributed by atoms with Gasteiger partial charge in [-0.05, 0) is 24.4 Å². The van der Waals surface area contributed by atoms with Crippen molar-refractivity contribution in [3.63, 3.8) is 0 Å². The number of aryl methyl sites for hydroxylation is 1. The van der Waals surface area contributed by atoms with E-state index in [1.54, 1.807) is 23.1 Å². The SMILES string of the molecule is Cc1cccc(-c2nc3n(n2)C(=O)CC(c2cccs2)S3)c1. The van der Waals surface area contributed by atoms with Crippen LogP contribution in [0.4, 0.5) is 0 Å². The lowest BCUT2D eigenvalue weighted by molar-refractivity contribution is 0.0868. The Balaban J connectivity index is 1.71. The Labute approximate surface area is 136 Å². The van der Waals surface area contributed by atoms with E-state index in [9.17, 15) is 4.79 Å². The summed E-state index contributed by atoms with van der Waals surface area (Å²) >= 11 is 3.30. The Morgan fingerprint density at radius 3 is 2.95 bits per heavy atom. The second kappa shape index (κ2) is 5.37. The number of fused-ring (bicyclic) bond motifs is 1. The first-order chi connectivity index (χ1) is 10.7. The van der Waals surface area contributed by atoms with Gasteiger partial charge in [0.05, 0.1) is 5.25 Å². The number of benzene rings is 1. The number of nitrogens with zero attached hydrogens (tertiary/aromatic N) is 3. The number of carbonyl (C=O) groups excluding carboxylic acids is 1. The van der Waals surface area contributed by atoms with Crippen LogP contribution in [-0.2, 0) is 0 Å². The third kappa shape index (κ3) is 2.38. The van der Waals surface area contributed by atoms with Crippen molar-refractivity contribution < 1.29 is 4.79 Å². The lowest BCUT2D eigenvalue weighted by Gasteiger charge is -2.18. The zero-order valence-electron chi connectivity index (χ0n) is 11.9. The van der Waals surface area contributed by atoms with Crippen LogP contribution in [0.1, 0.15) is 26.9 Å². The number of thiophene rings is 1. The third-order valence-corrected chi connectivity index (χ3v) is 5.87. The average Bonchev–Trinajstić information content (AvgIpc) is 3.16. The highest BCUT2D eigenvalue weighted by atomic mass is 32.2. The lowest BCUT2D eigenvalue weighted by atomic mass is 10.1. The number of carbonyl (C=O) groups is 1. The van der Waals surface area contributed by atoms with Gasteiger partial charge in [-0.25, -0.2) is 4.98 Å². The molecule has 6 heteroatoms. The van der Waals surface area contributed by atoms with Crippen LogP contribution in [0.2, 0.25) is 0 Å². The molecule has 0 saturated heterocycles. The molecule has 110 valence electrons. The minimum atomic E-state index is 0.0125.